The molecule has 1 aromatic rings. The van der Waals surface area contributed by atoms with Crippen molar-refractivity contribution in [3.05, 3.63) is 29.8 Å². The van der Waals surface area contributed by atoms with E-state index >= 15 is 0 Å². The number of hydrogen-bond donors (Lipinski definition) is 3. The predicted molar refractivity (Wildman–Crippen MR) is 63.1 cm³/mol. The minimum atomic E-state index is -0.173. The normalized spacial score (nSPS) is 9.00. The second-order valence-corrected chi connectivity index (χ2v) is 3.08. The summed E-state index contributed by atoms with van der Waals surface area (Å²) in [6, 6.07) is 8.84. The van der Waals surface area contributed by atoms with Crippen molar-refractivity contribution in [1.29, 1.82) is 10.7 Å². The van der Waals surface area contributed by atoms with Gasteiger partial charge in [0, 0.05) is 12.7 Å². The van der Waals surface area contributed by atoms with Gasteiger partial charge in [0.25, 0.3) is 0 Å². The number of hydrogen-bond acceptors (Lipinski definition) is 2. The Morgan fingerprint density at radius 2 is 2.19 bits per heavy atom. The van der Waals surface area contributed by atoms with Gasteiger partial charge >= 0.3 is 0 Å². The highest BCUT2D eigenvalue weighted by Gasteiger charge is 2.06. The molecule has 16 heavy (non-hydrogen) atoms. The molecule has 0 fully saturated rings. The van der Waals surface area contributed by atoms with E-state index in [1.807, 2.05) is 6.07 Å². The van der Waals surface area contributed by atoms with Gasteiger partial charge in [-0.05, 0) is 18.2 Å². The second-order valence-electron chi connectivity index (χ2n) is 3.08. The molecule has 0 saturated heterocycles. The number of nitrogens with one attached hydrogen (secondary N) is 1. The van der Waals surface area contributed by atoms with Gasteiger partial charge in [0.1, 0.15) is 0 Å². The molecule has 0 amide bonds. The Balaban J connectivity index is 2.97. The maximum Gasteiger partial charge on any atom is 0.225 e. The van der Waals surface area contributed by atoms with Gasteiger partial charge in [-0.15, -0.1) is 0 Å². The molecule has 0 heterocycles. The van der Waals surface area contributed by atoms with Crippen LogP contribution in [0.1, 0.15) is 5.56 Å². The third-order valence-corrected chi connectivity index (χ3v) is 1.92. The van der Waals surface area contributed by atoms with Crippen molar-refractivity contribution in [1.82, 2.24) is 0 Å². The van der Waals surface area contributed by atoms with Crippen LogP contribution < -0.4 is 16.4 Å². The fraction of sp³-hybridized carbons (Fsp3) is 0.100. The monoisotopic (exact) mass is 216 g/mol. The van der Waals surface area contributed by atoms with Crippen molar-refractivity contribution in [2.24, 2.45) is 16.5 Å². The lowest BCUT2D eigenvalue weighted by Crippen LogP contribution is -2.30. The summed E-state index contributed by atoms with van der Waals surface area (Å²) in [4.78, 5) is 5.08. The summed E-state index contributed by atoms with van der Waals surface area (Å²) in [5.74, 6) is -0.261. The lowest BCUT2D eigenvalue weighted by Gasteiger charge is -2.16. The zero-order valence-electron chi connectivity index (χ0n) is 8.81. The van der Waals surface area contributed by atoms with Gasteiger partial charge in [0.15, 0.2) is 5.96 Å². The minimum Gasteiger partial charge on any atom is -0.370 e. The smallest absolute Gasteiger partial charge is 0.225 e. The molecule has 0 bridgehead atoms. The van der Waals surface area contributed by atoms with Gasteiger partial charge < -0.3 is 16.4 Å². The molecule has 0 saturated carbocycles. The van der Waals surface area contributed by atoms with Crippen LogP contribution in [0, 0.1) is 16.7 Å². The Morgan fingerprint density at radius 1 is 1.50 bits per heavy atom. The molecule has 5 N–H and O–H groups in total. The first-order chi connectivity index (χ1) is 7.54. The number of rotatable bonds is 1. The summed E-state index contributed by atoms with van der Waals surface area (Å²) in [7, 11) is 1.64. The Labute approximate surface area is 93.3 Å². The summed E-state index contributed by atoms with van der Waals surface area (Å²) in [6.07, 6.45) is 0. The van der Waals surface area contributed by atoms with E-state index in [1.54, 1.807) is 31.3 Å². The van der Waals surface area contributed by atoms with E-state index < -0.39 is 0 Å². The van der Waals surface area contributed by atoms with Crippen LogP contribution in [0.4, 0.5) is 5.69 Å². The number of nitriles is 1. The highest BCUT2D eigenvalue weighted by atomic mass is 15.3. The second kappa shape index (κ2) is 4.79. The standard InChI is InChI=1S/C10H12N6/c1-16(10(14)15-9(12)13)8-4-2-3-7(5-8)6-11/h2-5H,1H3,(H5,12,13,14,15). The zero-order valence-corrected chi connectivity index (χ0v) is 8.81. The van der Waals surface area contributed by atoms with Crippen LogP contribution in [0.2, 0.25) is 0 Å². The summed E-state index contributed by atoms with van der Waals surface area (Å²) in [5, 5.41) is 16.3. The van der Waals surface area contributed by atoms with E-state index in [0.717, 1.165) is 0 Å². The molecule has 6 heteroatoms. The predicted octanol–water partition coefficient (Wildman–Crippen LogP) is 0.203. The van der Waals surface area contributed by atoms with Gasteiger partial charge in [-0.25, -0.2) is 0 Å². The molecule has 1 rings (SSSR count). The van der Waals surface area contributed by atoms with Gasteiger partial charge in [-0.3, -0.25) is 5.41 Å². The van der Waals surface area contributed by atoms with E-state index in [-0.39, 0.29) is 11.9 Å². The molecule has 0 unspecified atom stereocenters. The molecule has 0 spiro atoms. The third kappa shape index (κ3) is 2.72. The first kappa shape index (κ1) is 11.5. The van der Waals surface area contributed by atoms with Crippen molar-refractivity contribution in [2.75, 3.05) is 11.9 Å². The molecule has 0 aliphatic rings. The van der Waals surface area contributed by atoms with Crippen LogP contribution >= 0.6 is 0 Å². The highest BCUT2D eigenvalue weighted by molar-refractivity contribution is 6.00. The van der Waals surface area contributed by atoms with Crippen molar-refractivity contribution >= 4 is 17.6 Å². The number of guanidine groups is 2. The number of benzene rings is 1. The molecule has 0 aromatic heterocycles. The van der Waals surface area contributed by atoms with Crippen LogP contribution in [0.15, 0.2) is 29.3 Å². The van der Waals surface area contributed by atoms with Crippen LogP contribution in [0.25, 0.3) is 0 Å². The first-order valence-electron chi connectivity index (χ1n) is 4.46. The Bertz CT molecular complexity index is 466. The van der Waals surface area contributed by atoms with Crippen LogP contribution in [0.3, 0.4) is 0 Å². The Hall–Kier alpha value is -2.55. The maximum absolute atomic E-state index is 8.74. The van der Waals surface area contributed by atoms with Gasteiger partial charge in [0.05, 0.1) is 11.6 Å². The van der Waals surface area contributed by atoms with Gasteiger partial charge in [0.2, 0.25) is 5.96 Å². The molecule has 0 aliphatic carbocycles. The van der Waals surface area contributed by atoms with Crippen LogP contribution in [0.5, 0.6) is 0 Å². The van der Waals surface area contributed by atoms with E-state index in [9.17, 15) is 0 Å². The lowest BCUT2D eigenvalue weighted by molar-refractivity contribution is 1.19. The summed E-state index contributed by atoms with van der Waals surface area (Å²) >= 11 is 0. The highest BCUT2D eigenvalue weighted by Crippen LogP contribution is 2.14. The fourth-order valence-corrected chi connectivity index (χ4v) is 1.10. The number of aliphatic imine (C=N–C) groups is 1. The van der Waals surface area contributed by atoms with Crippen molar-refractivity contribution in [3.8, 4) is 6.07 Å². The van der Waals surface area contributed by atoms with Crippen molar-refractivity contribution < 1.29 is 0 Å². The molecular formula is C10H12N6. The molecular weight excluding hydrogens is 204 g/mol. The van der Waals surface area contributed by atoms with Gasteiger partial charge in [-0.2, -0.15) is 10.3 Å². The van der Waals surface area contributed by atoms with Gasteiger partial charge in [-0.1, -0.05) is 6.07 Å². The van der Waals surface area contributed by atoms with Crippen molar-refractivity contribution in [3.63, 3.8) is 0 Å². The molecule has 0 aliphatic heterocycles. The topological polar surface area (TPSA) is 115 Å². The number of anilines is 1. The fourth-order valence-electron chi connectivity index (χ4n) is 1.10. The minimum absolute atomic E-state index is 0.0879. The summed E-state index contributed by atoms with van der Waals surface area (Å²) < 4.78 is 0. The molecule has 1 aromatic carbocycles. The first-order valence-corrected chi connectivity index (χ1v) is 4.46. The molecule has 82 valence electrons. The molecule has 0 radical (unpaired) electrons. The summed E-state index contributed by atoms with van der Waals surface area (Å²) in [5.41, 5.74) is 11.5. The van der Waals surface area contributed by atoms with E-state index in [1.165, 1.54) is 4.90 Å². The largest absolute Gasteiger partial charge is 0.370 e. The van der Waals surface area contributed by atoms with E-state index in [2.05, 4.69) is 4.99 Å². The third-order valence-electron chi connectivity index (χ3n) is 1.92. The van der Waals surface area contributed by atoms with E-state index in [4.69, 9.17) is 22.1 Å². The Morgan fingerprint density at radius 3 is 2.75 bits per heavy atom. The quantitative estimate of drug-likeness (QED) is 0.459. The van der Waals surface area contributed by atoms with Crippen molar-refractivity contribution in [2.45, 2.75) is 0 Å². The van der Waals surface area contributed by atoms with Crippen LogP contribution in [-0.2, 0) is 0 Å². The average molecular weight is 216 g/mol. The average Bonchev–Trinajstić information content (AvgIpc) is 2.27. The summed E-state index contributed by atoms with van der Waals surface area (Å²) in [6.45, 7) is 0. The van der Waals surface area contributed by atoms with E-state index in [0.29, 0.717) is 11.3 Å². The maximum atomic E-state index is 8.74. The van der Waals surface area contributed by atoms with Crippen LogP contribution in [-0.4, -0.2) is 19.0 Å². The Kier molecular flexibility index (Phi) is 3.45. The molecule has 0 atom stereocenters. The SMILES string of the molecule is CN(C(=N)N=C(N)N)c1cccc(C#N)c1. The number of nitrogens with zero attached hydrogens (tertiary/aromatic N) is 3. The molecule has 6 nitrogen and oxygen atoms in total. The lowest BCUT2D eigenvalue weighted by atomic mass is 10.2. The zero-order chi connectivity index (χ0) is 12.1. The number of nitrogens with two attached hydrogens (primary N) is 2.